The van der Waals surface area contributed by atoms with Gasteiger partial charge in [0.25, 0.3) is 0 Å². The third-order valence-corrected chi connectivity index (χ3v) is 3.32. The summed E-state index contributed by atoms with van der Waals surface area (Å²) in [6, 6.07) is 16.2. The molecule has 3 rings (SSSR count). The van der Waals surface area contributed by atoms with Gasteiger partial charge in [-0.1, -0.05) is 24.3 Å². The first-order valence-corrected chi connectivity index (χ1v) is 6.47. The van der Waals surface area contributed by atoms with Crippen molar-refractivity contribution in [2.75, 3.05) is 19.0 Å². The van der Waals surface area contributed by atoms with Gasteiger partial charge in [0.15, 0.2) is 0 Å². The Kier molecular flexibility index (Phi) is 3.27. The second-order valence-corrected chi connectivity index (χ2v) is 4.67. The van der Waals surface area contributed by atoms with Crippen LogP contribution in [0.4, 0.5) is 5.69 Å². The molecule has 2 aromatic carbocycles. The fourth-order valence-electron chi connectivity index (χ4n) is 2.30. The van der Waals surface area contributed by atoms with Crippen LogP contribution in [0.25, 0.3) is 0 Å². The van der Waals surface area contributed by atoms with Gasteiger partial charge in [0.1, 0.15) is 17.6 Å². The standard InChI is InChI=1S/C16H17NO2/c1-18-13-8-6-12(7-9-13)10-14-11-17-15-4-2-3-5-16(15)19-14/h2-9,14,17H,10-11H2,1H3. The van der Waals surface area contributed by atoms with Gasteiger partial charge in [-0.15, -0.1) is 0 Å². The largest absolute Gasteiger partial charge is 0.497 e. The van der Waals surface area contributed by atoms with Crippen LogP contribution in [-0.2, 0) is 6.42 Å². The minimum Gasteiger partial charge on any atom is -0.497 e. The number of methoxy groups -OCH3 is 1. The minimum atomic E-state index is 0.170. The van der Waals surface area contributed by atoms with Gasteiger partial charge >= 0.3 is 0 Å². The maximum atomic E-state index is 6.00. The lowest BCUT2D eigenvalue weighted by Gasteiger charge is -2.27. The molecular weight excluding hydrogens is 238 g/mol. The zero-order valence-corrected chi connectivity index (χ0v) is 10.9. The van der Waals surface area contributed by atoms with Crippen molar-refractivity contribution in [3.8, 4) is 11.5 Å². The minimum absolute atomic E-state index is 0.170. The van der Waals surface area contributed by atoms with Gasteiger partial charge in [-0.05, 0) is 29.8 Å². The predicted octanol–water partition coefficient (Wildman–Crippen LogP) is 3.11. The first-order chi connectivity index (χ1) is 9.35. The second-order valence-electron chi connectivity index (χ2n) is 4.67. The van der Waals surface area contributed by atoms with Gasteiger partial charge in [0, 0.05) is 6.42 Å². The molecular formula is C16H17NO2. The average Bonchev–Trinajstić information content (AvgIpc) is 2.48. The number of hydrogen-bond donors (Lipinski definition) is 1. The van der Waals surface area contributed by atoms with Crippen molar-refractivity contribution >= 4 is 5.69 Å². The molecule has 0 aliphatic carbocycles. The van der Waals surface area contributed by atoms with E-state index in [1.54, 1.807) is 7.11 Å². The van der Waals surface area contributed by atoms with Gasteiger partial charge in [0.2, 0.25) is 0 Å². The van der Waals surface area contributed by atoms with E-state index in [1.165, 1.54) is 5.56 Å². The van der Waals surface area contributed by atoms with E-state index in [2.05, 4.69) is 17.4 Å². The first kappa shape index (κ1) is 11.9. The molecule has 0 fully saturated rings. The molecule has 98 valence electrons. The van der Waals surface area contributed by atoms with Crippen LogP contribution in [0, 0.1) is 0 Å². The van der Waals surface area contributed by atoms with Crippen molar-refractivity contribution in [2.24, 2.45) is 0 Å². The summed E-state index contributed by atoms with van der Waals surface area (Å²) in [7, 11) is 1.68. The van der Waals surface area contributed by atoms with Gasteiger partial charge in [-0.25, -0.2) is 0 Å². The molecule has 0 amide bonds. The quantitative estimate of drug-likeness (QED) is 0.914. The summed E-state index contributed by atoms with van der Waals surface area (Å²) in [4.78, 5) is 0. The van der Waals surface area contributed by atoms with Crippen LogP contribution >= 0.6 is 0 Å². The Morgan fingerprint density at radius 3 is 2.74 bits per heavy atom. The van der Waals surface area contributed by atoms with Crippen LogP contribution in [0.5, 0.6) is 11.5 Å². The molecule has 1 heterocycles. The van der Waals surface area contributed by atoms with E-state index in [4.69, 9.17) is 9.47 Å². The molecule has 1 atom stereocenters. The third kappa shape index (κ3) is 2.65. The third-order valence-electron chi connectivity index (χ3n) is 3.32. The maximum absolute atomic E-state index is 6.00. The number of hydrogen-bond acceptors (Lipinski definition) is 3. The first-order valence-electron chi connectivity index (χ1n) is 6.47. The average molecular weight is 255 g/mol. The molecule has 0 saturated carbocycles. The van der Waals surface area contributed by atoms with Crippen LogP contribution in [-0.4, -0.2) is 19.8 Å². The lowest BCUT2D eigenvalue weighted by atomic mass is 10.1. The SMILES string of the molecule is COc1ccc(CC2CNc3ccccc3O2)cc1. The van der Waals surface area contributed by atoms with E-state index < -0.39 is 0 Å². The van der Waals surface area contributed by atoms with Crippen molar-refractivity contribution in [1.29, 1.82) is 0 Å². The molecule has 1 aliphatic heterocycles. The predicted molar refractivity (Wildman–Crippen MR) is 76.0 cm³/mol. The summed E-state index contributed by atoms with van der Waals surface area (Å²) >= 11 is 0. The fourth-order valence-corrected chi connectivity index (χ4v) is 2.30. The topological polar surface area (TPSA) is 30.5 Å². The highest BCUT2D eigenvalue weighted by Crippen LogP contribution is 2.29. The molecule has 0 bridgehead atoms. The maximum Gasteiger partial charge on any atom is 0.142 e. The highest BCUT2D eigenvalue weighted by molar-refractivity contribution is 5.57. The van der Waals surface area contributed by atoms with Crippen molar-refractivity contribution in [3.63, 3.8) is 0 Å². The Hall–Kier alpha value is -2.16. The molecule has 3 nitrogen and oxygen atoms in total. The van der Waals surface area contributed by atoms with Gasteiger partial charge in [-0.3, -0.25) is 0 Å². The number of benzene rings is 2. The van der Waals surface area contributed by atoms with E-state index in [-0.39, 0.29) is 6.10 Å². The Balaban J connectivity index is 1.68. The molecule has 19 heavy (non-hydrogen) atoms. The lowest BCUT2D eigenvalue weighted by Crippen LogP contribution is -2.32. The van der Waals surface area contributed by atoms with Crippen molar-refractivity contribution in [2.45, 2.75) is 12.5 Å². The summed E-state index contributed by atoms with van der Waals surface area (Å²) < 4.78 is 11.2. The van der Waals surface area contributed by atoms with E-state index in [0.29, 0.717) is 0 Å². The summed E-state index contributed by atoms with van der Waals surface area (Å²) in [5.41, 5.74) is 2.33. The molecule has 1 aliphatic rings. The van der Waals surface area contributed by atoms with Crippen molar-refractivity contribution < 1.29 is 9.47 Å². The van der Waals surface area contributed by atoms with Crippen molar-refractivity contribution in [1.82, 2.24) is 0 Å². The molecule has 2 aromatic rings. The summed E-state index contributed by atoms with van der Waals surface area (Å²) in [6.07, 6.45) is 1.06. The van der Waals surface area contributed by atoms with Crippen LogP contribution in [0.1, 0.15) is 5.56 Å². The smallest absolute Gasteiger partial charge is 0.142 e. The van der Waals surface area contributed by atoms with Crippen molar-refractivity contribution in [3.05, 3.63) is 54.1 Å². The van der Waals surface area contributed by atoms with Gasteiger partial charge in [0.05, 0.1) is 19.3 Å². The Bertz CT molecular complexity index is 551. The number of fused-ring (bicyclic) bond motifs is 1. The lowest BCUT2D eigenvalue weighted by molar-refractivity contribution is 0.206. The van der Waals surface area contributed by atoms with E-state index in [0.717, 1.165) is 30.2 Å². The Morgan fingerprint density at radius 1 is 1.16 bits per heavy atom. The Labute approximate surface area is 113 Å². The molecule has 0 radical (unpaired) electrons. The number of anilines is 1. The number of para-hydroxylation sites is 2. The number of ether oxygens (including phenoxy) is 2. The van der Waals surface area contributed by atoms with E-state index in [9.17, 15) is 0 Å². The Morgan fingerprint density at radius 2 is 1.95 bits per heavy atom. The number of nitrogens with one attached hydrogen (secondary N) is 1. The summed E-state index contributed by atoms with van der Waals surface area (Å²) in [5, 5.41) is 3.41. The van der Waals surface area contributed by atoms with Crippen LogP contribution in [0.2, 0.25) is 0 Å². The zero-order chi connectivity index (χ0) is 13.1. The monoisotopic (exact) mass is 255 g/mol. The molecule has 1 unspecified atom stereocenters. The summed E-state index contributed by atoms with van der Waals surface area (Å²) in [5.74, 6) is 1.82. The highest BCUT2D eigenvalue weighted by Gasteiger charge is 2.18. The van der Waals surface area contributed by atoms with E-state index >= 15 is 0 Å². The highest BCUT2D eigenvalue weighted by atomic mass is 16.5. The fraction of sp³-hybridized carbons (Fsp3) is 0.250. The molecule has 1 N–H and O–H groups in total. The van der Waals surface area contributed by atoms with Crippen LogP contribution in [0.3, 0.4) is 0 Å². The van der Waals surface area contributed by atoms with E-state index in [1.807, 2.05) is 36.4 Å². The molecule has 0 saturated heterocycles. The van der Waals surface area contributed by atoms with Gasteiger partial charge in [-0.2, -0.15) is 0 Å². The van der Waals surface area contributed by atoms with Gasteiger partial charge < -0.3 is 14.8 Å². The summed E-state index contributed by atoms with van der Waals surface area (Å²) in [6.45, 7) is 0.836. The zero-order valence-electron chi connectivity index (χ0n) is 10.9. The molecule has 3 heteroatoms. The van der Waals surface area contributed by atoms with Crippen LogP contribution in [0.15, 0.2) is 48.5 Å². The second kappa shape index (κ2) is 5.22. The van der Waals surface area contributed by atoms with Crippen LogP contribution < -0.4 is 14.8 Å². The number of rotatable bonds is 3. The normalized spacial score (nSPS) is 17.0. The molecule has 0 spiro atoms. The molecule has 0 aromatic heterocycles.